The molecule has 0 fully saturated rings. The molecule has 2 rings (SSSR count). The summed E-state index contributed by atoms with van der Waals surface area (Å²) in [7, 11) is 0. The van der Waals surface area contributed by atoms with Crippen molar-refractivity contribution >= 4 is 17.5 Å². The molecule has 0 radical (unpaired) electrons. The van der Waals surface area contributed by atoms with Crippen LogP contribution >= 0.6 is 11.6 Å². The van der Waals surface area contributed by atoms with Crippen LogP contribution < -0.4 is 5.32 Å². The van der Waals surface area contributed by atoms with E-state index in [2.05, 4.69) is 5.32 Å². The van der Waals surface area contributed by atoms with Crippen LogP contribution in [-0.4, -0.2) is 16.1 Å². The van der Waals surface area contributed by atoms with Crippen LogP contribution in [0.1, 0.15) is 15.9 Å². The van der Waals surface area contributed by atoms with E-state index in [0.29, 0.717) is 11.1 Å². The van der Waals surface area contributed by atoms with Crippen molar-refractivity contribution in [3.63, 3.8) is 0 Å². The number of para-hydroxylation sites is 1. The lowest BCUT2D eigenvalue weighted by Crippen LogP contribution is -2.22. The molecule has 5 heteroatoms. The molecule has 3 N–H and O–H groups in total. The fourth-order valence-electron chi connectivity index (χ4n) is 1.59. The van der Waals surface area contributed by atoms with Crippen molar-refractivity contribution in [2.24, 2.45) is 0 Å². The van der Waals surface area contributed by atoms with Crippen LogP contribution in [0.2, 0.25) is 5.02 Å². The number of benzene rings is 2. The molecule has 98 valence electrons. The van der Waals surface area contributed by atoms with Gasteiger partial charge in [0.25, 0.3) is 5.91 Å². The van der Waals surface area contributed by atoms with Crippen molar-refractivity contribution in [3.8, 4) is 11.5 Å². The van der Waals surface area contributed by atoms with Crippen LogP contribution in [-0.2, 0) is 6.54 Å². The fourth-order valence-corrected chi connectivity index (χ4v) is 1.77. The predicted octanol–water partition coefficient (Wildman–Crippen LogP) is 2.68. The summed E-state index contributed by atoms with van der Waals surface area (Å²) in [6.07, 6.45) is 0. The van der Waals surface area contributed by atoms with Crippen LogP contribution in [0.15, 0.2) is 42.5 Å². The Kier molecular flexibility index (Phi) is 3.92. The number of hydrogen-bond donors (Lipinski definition) is 3. The number of rotatable bonds is 3. The molecule has 2 aromatic rings. The van der Waals surface area contributed by atoms with Crippen LogP contribution in [0, 0.1) is 0 Å². The number of nitrogens with one attached hydrogen (secondary N) is 1. The zero-order valence-electron chi connectivity index (χ0n) is 9.93. The molecule has 0 bridgehead atoms. The highest BCUT2D eigenvalue weighted by Gasteiger charge is 2.09. The Morgan fingerprint density at radius 2 is 1.84 bits per heavy atom. The van der Waals surface area contributed by atoms with E-state index in [9.17, 15) is 15.0 Å². The summed E-state index contributed by atoms with van der Waals surface area (Å²) in [5.74, 6) is -0.268. The first-order chi connectivity index (χ1) is 9.08. The molecule has 0 aliphatic heterocycles. The third-order valence-corrected chi connectivity index (χ3v) is 2.94. The summed E-state index contributed by atoms with van der Waals surface area (Å²) < 4.78 is 0. The molecule has 1 amide bonds. The number of amides is 1. The molecular formula is C14H12ClNO3. The van der Waals surface area contributed by atoms with E-state index in [1.54, 1.807) is 24.3 Å². The predicted molar refractivity (Wildman–Crippen MR) is 72.4 cm³/mol. The molecule has 0 unspecified atom stereocenters. The van der Waals surface area contributed by atoms with Gasteiger partial charge in [0.1, 0.15) is 11.5 Å². The van der Waals surface area contributed by atoms with Gasteiger partial charge in [0.2, 0.25) is 0 Å². The fraction of sp³-hybridized carbons (Fsp3) is 0.0714. The van der Waals surface area contributed by atoms with Gasteiger partial charge in [-0.1, -0.05) is 29.8 Å². The van der Waals surface area contributed by atoms with Crippen molar-refractivity contribution in [1.82, 2.24) is 5.32 Å². The first-order valence-corrected chi connectivity index (χ1v) is 5.99. The number of carbonyl (C=O) groups excluding carboxylic acids is 1. The number of halogens is 1. The largest absolute Gasteiger partial charge is 0.508 e. The lowest BCUT2D eigenvalue weighted by atomic mass is 10.1. The van der Waals surface area contributed by atoms with Crippen LogP contribution in [0.25, 0.3) is 0 Å². The van der Waals surface area contributed by atoms with Crippen molar-refractivity contribution in [3.05, 3.63) is 58.6 Å². The van der Waals surface area contributed by atoms with Gasteiger partial charge in [-0.05, 0) is 24.3 Å². The van der Waals surface area contributed by atoms with E-state index in [-0.39, 0.29) is 29.0 Å². The number of hydrogen-bond acceptors (Lipinski definition) is 3. The monoisotopic (exact) mass is 277 g/mol. The molecule has 0 aliphatic rings. The van der Waals surface area contributed by atoms with Crippen molar-refractivity contribution in [2.45, 2.75) is 6.54 Å². The first kappa shape index (κ1) is 13.2. The highest BCUT2D eigenvalue weighted by Crippen LogP contribution is 2.23. The Labute approximate surface area is 115 Å². The molecule has 0 aromatic heterocycles. The molecule has 19 heavy (non-hydrogen) atoms. The second-order valence-electron chi connectivity index (χ2n) is 3.98. The summed E-state index contributed by atoms with van der Waals surface area (Å²) in [5, 5.41) is 21.6. The summed E-state index contributed by atoms with van der Waals surface area (Å²) in [6.45, 7) is 0.212. The zero-order chi connectivity index (χ0) is 13.8. The third kappa shape index (κ3) is 3.17. The maximum absolute atomic E-state index is 11.9. The zero-order valence-corrected chi connectivity index (χ0v) is 10.7. The molecule has 0 spiro atoms. The van der Waals surface area contributed by atoms with Crippen LogP contribution in [0.4, 0.5) is 0 Å². The van der Waals surface area contributed by atoms with Crippen molar-refractivity contribution < 1.29 is 15.0 Å². The minimum Gasteiger partial charge on any atom is -0.508 e. The minimum atomic E-state index is -0.329. The van der Waals surface area contributed by atoms with Crippen molar-refractivity contribution in [1.29, 1.82) is 0 Å². The molecule has 4 nitrogen and oxygen atoms in total. The van der Waals surface area contributed by atoms with Crippen LogP contribution in [0.5, 0.6) is 11.5 Å². The Hall–Kier alpha value is -2.20. The van der Waals surface area contributed by atoms with Gasteiger partial charge in [-0.25, -0.2) is 0 Å². The van der Waals surface area contributed by atoms with Gasteiger partial charge < -0.3 is 15.5 Å². The molecule has 0 aliphatic carbocycles. The normalized spacial score (nSPS) is 10.2. The molecular weight excluding hydrogens is 266 g/mol. The van der Waals surface area contributed by atoms with Gasteiger partial charge in [0.15, 0.2) is 0 Å². The summed E-state index contributed by atoms with van der Waals surface area (Å²) in [5.41, 5.74) is 0.971. The number of phenolic OH excluding ortho intramolecular Hbond substituents is 2. The Balaban J connectivity index is 2.05. The number of carbonyl (C=O) groups is 1. The van der Waals surface area contributed by atoms with E-state index < -0.39 is 0 Å². The van der Waals surface area contributed by atoms with E-state index in [0.717, 1.165) is 0 Å². The smallest absolute Gasteiger partial charge is 0.251 e. The number of phenols is 2. The molecule has 0 heterocycles. The Morgan fingerprint density at radius 3 is 2.53 bits per heavy atom. The Bertz CT molecular complexity index is 613. The van der Waals surface area contributed by atoms with E-state index in [1.807, 2.05) is 0 Å². The highest BCUT2D eigenvalue weighted by molar-refractivity contribution is 6.32. The molecule has 0 atom stereocenters. The average molecular weight is 278 g/mol. The lowest BCUT2D eigenvalue weighted by Gasteiger charge is -2.07. The maximum atomic E-state index is 11.9. The van der Waals surface area contributed by atoms with Gasteiger partial charge in [-0.2, -0.15) is 0 Å². The average Bonchev–Trinajstić information content (AvgIpc) is 2.40. The Morgan fingerprint density at radius 1 is 1.11 bits per heavy atom. The first-order valence-electron chi connectivity index (χ1n) is 5.61. The van der Waals surface area contributed by atoms with Gasteiger partial charge in [0, 0.05) is 17.7 Å². The van der Waals surface area contributed by atoms with Gasteiger partial charge in [-0.3, -0.25) is 4.79 Å². The second kappa shape index (κ2) is 5.63. The molecule has 2 aromatic carbocycles. The molecule has 0 saturated heterocycles. The second-order valence-corrected chi connectivity index (χ2v) is 4.38. The topological polar surface area (TPSA) is 69.6 Å². The van der Waals surface area contributed by atoms with E-state index in [4.69, 9.17) is 11.6 Å². The minimum absolute atomic E-state index is 0.0704. The van der Waals surface area contributed by atoms with Gasteiger partial charge in [-0.15, -0.1) is 0 Å². The summed E-state index contributed by atoms with van der Waals surface area (Å²) in [6, 6.07) is 11.0. The third-order valence-electron chi connectivity index (χ3n) is 2.64. The summed E-state index contributed by atoms with van der Waals surface area (Å²) >= 11 is 5.73. The number of aromatic hydroxyl groups is 2. The molecule has 0 saturated carbocycles. The van der Waals surface area contributed by atoms with E-state index in [1.165, 1.54) is 18.2 Å². The van der Waals surface area contributed by atoms with Gasteiger partial charge >= 0.3 is 0 Å². The van der Waals surface area contributed by atoms with Crippen molar-refractivity contribution in [2.75, 3.05) is 0 Å². The van der Waals surface area contributed by atoms with Crippen LogP contribution in [0.3, 0.4) is 0 Å². The van der Waals surface area contributed by atoms with Gasteiger partial charge in [0.05, 0.1) is 5.02 Å². The summed E-state index contributed by atoms with van der Waals surface area (Å²) in [4.78, 5) is 11.9. The standard InChI is InChI=1S/C14H12ClNO3/c15-11-7-9(5-6-13(11)18)14(19)16-8-10-3-1-2-4-12(10)17/h1-7,17-18H,8H2,(H,16,19). The highest BCUT2D eigenvalue weighted by atomic mass is 35.5. The van der Waals surface area contributed by atoms with E-state index >= 15 is 0 Å². The lowest BCUT2D eigenvalue weighted by molar-refractivity contribution is 0.0951. The SMILES string of the molecule is O=C(NCc1ccccc1O)c1ccc(O)c(Cl)c1. The maximum Gasteiger partial charge on any atom is 0.251 e. The quantitative estimate of drug-likeness (QED) is 0.808.